The molecule has 1 saturated heterocycles. The van der Waals surface area contributed by atoms with Crippen molar-refractivity contribution in [2.45, 2.75) is 44.7 Å². The van der Waals surface area contributed by atoms with E-state index in [0.717, 1.165) is 30.0 Å². The third-order valence-electron chi connectivity index (χ3n) is 6.95. The number of hydrogen-bond acceptors (Lipinski definition) is 4. The summed E-state index contributed by atoms with van der Waals surface area (Å²) in [5.41, 5.74) is 2.08. The second-order valence-corrected chi connectivity index (χ2v) is 9.40. The molecule has 2 heterocycles. The zero-order valence-electron chi connectivity index (χ0n) is 16.7. The van der Waals surface area contributed by atoms with Crippen molar-refractivity contribution >= 4 is 11.6 Å². The summed E-state index contributed by atoms with van der Waals surface area (Å²) in [5, 5.41) is 12.7. The number of hydrogen-bond donors (Lipinski definition) is 1. The number of nitrogens with zero attached hydrogens (tertiary/aromatic N) is 3. The Hall–Kier alpha value is -1.56. The normalized spacial score (nSPS) is 27.2. The highest BCUT2D eigenvalue weighted by Gasteiger charge is 2.55. The number of rotatable bonds is 6. The Kier molecular flexibility index (Phi) is 5.55. The second kappa shape index (κ2) is 8.29. The van der Waals surface area contributed by atoms with Crippen molar-refractivity contribution in [1.82, 2.24) is 20.4 Å². The van der Waals surface area contributed by atoms with E-state index < -0.39 is 0 Å². The standard InChI is InChI=1S/C23H28ClFN4/c24-21-8-6-16(25)10-18(21)22-9-7-17(27-28-22)11-26-23-19-13-29(14-20(19)23)12-15-4-2-1-3-5-15/h6-10,15,19-20,23,26H,1-5,11-14H2/t19-,20+,23-. The molecular formula is C23H28ClFN4. The average Bonchev–Trinajstić information content (AvgIpc) is 3.20. The smallest absolute Gasteiger partial charge is 0.123 e. The van der Waals surface area contributed by atoms with Gasteiger partial charge in [0.1, 0.15) is 5.82 Å². The third kappa shape index (κ3) is 4.32. The molecule has 1 aromatic carbocycles. The van der Waals surface area contributed by atoms with Crippen LogP contribution in [0.15, 0.2) is 30.3 Å². The molecule has 3 aliphatic rings. The lowest BCUT2D eigenvalue weighted by Gasteiger charge is -2.28. The van der Waals surface area contributed by atoms with Crippen LogP contribution in [0, 0.1) is 23.6 Å². The lowest BCUT2D eigenvalue weighted by Crippen LogP contribution is -2.34. The highest BCUT2D eigenvalue weighted by molar-refractivity contribution is 6.33. The van der Waals surface area contributed by atoms with Crippen molar-refractivity contribution in [2.75, 3.05) is 19.6 Å². The molecule has 4 nitrogen and oxygen atoms in total. The summed E-state index contributed by atoms with van der Waals surface area (Å²) in [4.78, 5) is 2.70. The Morgan fingerprint density at radius 1 is 1.03 bits per heavy atom. The quantitative estimate of drug-likeness (QED) is 0.753. The van der Waals surface area contributed by atoms with Gasteiger partial charge in [-0.15, -0.1) is 0 Å². The molecule has 154 valence electrons. The monoisotopic (exact) mass is 414 g/mol. The first kappa shape index (κ1) is 19.4. The van der Waals surface area contributed by atoms with Crippen LogP contribution in [-0.4, -0.2) is 40.8 Å². The van der Waals surface area contributed by atoms with Crippen LogP contribution in [0.4, 0.5) is 4.39 Å². The number of fused-ring (bicyclic) bond motifs is 1. The zero-order valence-corrected chi connectivity index (χ0v) is 17.4. The van der Waals surface area contributed by atoms with E-state index in [2.05, 4.69) is 20.4 Å². The molecule has 0 unspecified atom stereocenters. The molecule has 2 aliphatic carbocycles. The Labute approximate surface area is 176 Å². The van der Waals surface area contributed by atoms with E-state index in [1.807, 2.05) is 12.1 Å². The van der Waals surface area contributed by atoms with Crippen molar-refractivity contribution in [2.24, 2.45) is 17.8 Å². The largest absolute Gasteiger partial charge is 0.308 e. The van der Waals surface area contributed by atoms with E-state index in [1.54, 1.807) is 6.07 Å². The van der Waals surface area contributed by atoms with E-state index >= 15 is 0 Å². The Morgan fingerprint density at radius 2 is 1.83 bits per heavy atom. The maximum Gasteiger partial charge on any atom is 0.123 e. The van der Waals surface area contributed by atoms with Crippen LogP contribution in [0.2, 0.25) is 5.02 Å². The van der Waals surface area contributed by atoms with Gasteiger partial charge < -0.3 is 10.2 Å². The summed E-state index contributed by atoms with van der Waals surface area (Å²) in [6, 6.07) is 8.73. The van der Waals surface area contributed by atoms with Gasteiger partial charge in [0.2, 0.25) is 0 Å². The molecule has 2 saturated carbocycles. The van der Waals surface area contributed by atoms with Gasteiger partial charge >= 0.3 is 0 Å². The van der Waals surface area contributed by atoms with Crippen molar-refractivity contribution in [1.29, 1.82) is 0 Å². The first-order valence-corrected chi connectivity index (χ1v) is 11.3. The Morgan fingerprint density at radius 3 is 2.55 bits per heavy atom. The van der Waals surface area contributed by atoms with E-state index in [9.17, 15) is 4.39 Å². The molecular weight excluding hydrogens is 387 g/mol. The second-order valence-electron chi connectivity index (χ2n) is 8.99. The first-order chi connectivity index (χ1) is 14.2. The van der Waals surface area contributed by atoms with Crippen LogP contribution in [0.5, 0.6) is 0 Å². The fourth-order valence-corrected chi connectivity index (χ4v) is 5.53. The summed E-state index contributed by atoms with van der Waals surface area (Å²) in [6.45, 7) is 4.54. The number of halogens is 2. The molecule has 0 bridgehead atoms. The number of benzene rings is 1. The lowest BCUT2D eigenvalue weighted by molar-refractivity contribution is 0.211. The summed E-state index contributed by atoms with van der Waals surface area (Å²) >= 11 is 6.16. The topological polar surface area (TPSA) is 41.0 Å². The van der Waals surface area contributed by atoms with Crippen LogP contribution in [0.25, 0.3) is 11.3 Å². The molecule has 0 radical (unpaired) electrons. The molecule has 3 fully saturated rings. The van der Waals surface area contributed by atoms with Crippen molar-refractivity contribution in [3.63, 3.8) is 0 Å². The van der Waals surface area contributed by atoms with Crippen molar-refractivity contribution < 1.29 is 4.39 Å². The number of aromatic nitrogens is 2. The van der Waals surface area contributed by atoms with Crippen LogP contribution in [0.3, 0.4) is 0 Å². The van der Waals surface area contributed by atoms with Crippen molar-refractivity contribution in [3.8, 4) is 11.3 Å². The molecule has 1 aromatic heterocycles. The minimum absolute atomic E-state index is 0.324. The van der Waals surface area contributed by atoms with Gasteiger partial charge in [-0.25, -0.2) is 4.39 Å². The molecule has 6 heteroatoms. The predicted octanol–water partition coefficient (Wildman–Crippen LogP) is 4.54. The zero-order chi connectivity index (χ0) is 19.8. The summed E-state index contributed by atoms with van der Waals surface area (Å²) in [6.07, 6.45) is 7.17. The minimum atomic E-state index is -0.324. The molecule has 2 aromatic rings. The van der Waals surface area contributed by atoms with Gasteiger partial charge in [0.05, 0.1) is 16.4 Å². The minimum Gasteiger partial charge on any atom is -0.308 e. The van der Waals surface area contributed by atoms with Gasteiger partial charge in [-0.2, -0.15) is 10.2 Å². The number of likely N-dealkylation sites (tertiary alicyclic amines) is 1. The summed E-state index contributed by atoms with van der Waals surface area (Å²) in [7, 11) is 0. The molecule has 3 atom stereocenters. The van der Waals surface area contributed by atoms with Gasteiger partial charge in [-0.05, 0) is 60.9 Å². The Bertz CT molecular complexity index is 840. The van der Waals surface area contributed by atoms with Crippen LogP contribution >= 0.6 is 11.6 Å². The summed E-state index contributed by atoms with van der Waals surface area (Å²) < 4.78 is 13.5. The maximum atomic E-state index is 13.5. The van der Waals surface area contributed by atoms with Crippen LogP contribution in [-0.2, 0) is 6.54 Å². The van der Waals surface area contributed by atoms with Crippen molar-refractivity contribution in [3.05, 3.63) is 46.9 Å². The van der Waals surface area contributed by atoms with Crippen LogP contribution < -0.4 is 5.32 Å². The summed E-state index contributed by atoms with van der Waals surface area (Å²) in [5.74, 6) is 2.22. The SMILES string of the molecule is Fc1ccc(Cl)c(-c2ccc(CN[C@@H]3[C@@H]4CN(CC5CCCCC5)C[C@@H]43)nn2)c1. The lowest BCUT2D eigenvalue weighted by atomic mass is 9.89. The molecule has 29 heavy (non-hydrogen) atoms. The molecule has 5 rings (SSSR count). The number of piperidine rings is 1. The predicted molar refractivity (Wildman–Crippen MR) is 113 cm³/mol. The van der Waals surface area contributed by atoms with Gasteiger partial charge in [-0.3, -0.25) is 0 Å². The molecule has 0 spiro atoms. The Balaban J connectivity index is 1.10. The fourth-order valence-electron chi connectivity index (χ4n) is 5.31. The van der Waals surface area contributed by atoms with E-state index in [-0.39, 0.29) is 5.82 Å². The van der Waals surface area contributed by atoms with Gasteiger partial charge in [0.15, 0.2) is 0 Å². The van der Waals surface area contributed by atoms with Gasteiger partial charge in [0, 0.05) is 37.8 Å². The van der Waals surface area contributed by atoms with E-state index in [1.165, 1.54) is 63.9 Å². The van der Waals surface area contributed by atoms with E-state index in [4.69, 9.17) is 11.6 Å². The molecule has 0 amide bonds. The van der Waals surface area contributed by atoms with Gasteiger partial charge in [-0.1, -0.05) is 30.9 Å². The highest BCUT2D eigenvalue weighted by Crippen LogP contribution is 2.46. The maximum absolute atomic E-state index is 13.5. The third-order valence-corrected chi connectivity index (χ3v) is 7.28. The highest BCUT2D eigenvalue weighted by atomic mass is 35.5. The average molecular weight is 415 g/mol. The molecule has 1 N–H and O–H groups in total. The van der Waals surface area contributed by atoms with E-state index in [0.29, 0.717) is 22.3 Å². The first-order valence-electron chi connectivity index (χ1n) is 10.9. The van der Waals surface area contributed by atoms with Crippen LogP contribution in [0.1, 0.15) is 37.8 Å². The fraction of sp³-hybridized carbons (Fsp3) is 0.565. The number of nitrogens with one attached hydrogen (secondary N) is 1. The van der Waals surface area contributed by atoms with Gasteiger partial charge in [0.25, 0.3) is 0 Å². The molecule has 1 aliphatic heterocycles.